The van der Waals surface area contributed by atoms with Gasteiger partial charge in [-0.05, 0) is 19.4 Å². The van der Waals surface area contributed by atoms with Crippen molar-refractivity contribution in [1.82, 2.24) is 20.4 Å². The van der Waals surface area contributed by atoms with E-state index < -0.39 is 0 Å². The average Bonchev–Trinajstić information content (AvgIpc) is 2.89. The van der Waals surface area contributed by atoms with Gasteiger partial charge in [0.25, 0.3) is 0 Å². The Labute approximate surface area is 132 Å². The molecule has 2 aliphatic heterocycles. The summed E-state index contributed by atoms with van der Waals surface area (Å²) in [5.41, 5.74) is 2.71. The van der Waals surface area contributed by atoms with Gasteiger partial charge in [-0.2, -0.15) is 5.10 Å². The van der Waals surface area contributed by atoms with Crippen molar-refractivity contribution >= 4 is 24.8 Å². The van der Waals surface area contributed by atoms with Gasteiger partial charge in [-0.25, -0.2) is 0 Å². The number of nitrogens with one attached hydrogen (secondary N) is 2. The zero-order valence-electron chi connectivity index (χ0n) is 11.6. The Bertz CT molecular complexity index is 376. The number of halogens is 2. The largest absolute Gasteiger partial charge is 0.379 e. The molecule has 3 rings (SSSR count). The van der Waals surface area contributed by atoms with E-state index in [0.717, 1.165) is 45.9 Å². The molecule has 1 aromatic rings. The third-order valence-electron chi connectivity index (χ3n) is 3.95. The molecule has 116 valence electrons. The molecule has 5 nitrogen and oxygen atoms in total. The van der Waals surface area contributed by atoms with Crippen LogP contribution in [0.5, 0.6) is 0 Å². The molecule has 0 amide bonds. The monoisotopic (exact) mass is 322 g/mol. The molecule has 0 bridgehead atoms. The van der Waals surface area contributed by atoms with E-state index in [0.29, 0.717) is 5.92 Å². The topological polar surface area (TPSA) is 53.2 Å². The number of aromatic nitrogens is 2. The molecule has 0 radical (unpaired) electrons. The predicted octanol–water partition coefficient (Wildman–Crippen LogP) is 1.55. The maximum atomic E-state index is 5.39. The predicted molar refractivity (Wildman–Crippen MR) is 84.0 cm³/mol. The second-order valence-electron chi connectivity index (χ2n) is 5.24. The van der Waals surface area contributed by atoms with Crippen molar-refractivity contribution < 1.29 is 4.74 Å². The fourth-order valence-electron chi connectivity index (χ4n) is 2.90. The van der Waals surface area contributed by atoms with Crippen LogP contribution in [0.15, 0.2) is 6.20 Å². The van der Waals surface area contributed by atoms with Crippen LogP contribution in [0.2, 0.25) is 0 Å². The molecule has 0 aliphatic carbocycles. The van der Waals surface area contributed by atoms with Gasteiger partial charge >= 0.3 is 0 Å². The fourth-order valence-corrected chi connectivity index (χ4v) is 2.90. The summed E-state index contributed by atoms with van der Waals surface area (Å²) >= 11 is 0. The van der Waals surface area contributed by atoms with Gasteiger partial charge < -0.3 is 10.1 Å². The quantitative estimate of drug-likeness (QED) is 0.886. The molecule has 1 unspecified atom stereocenters. The van der Waals surface area contributed by atoms with Crippen LogP contribution in [0, 0.1) is 0 Å². The van der Waals surface area contributed by atoms with Gasteiger partial charge in [0.05, 0.1) is 19.4 Å². The molecule has 0 saturated carbocycles. The Balaban J connectivity index is 0.000001000. The van der Waals surface area contributed by atoms with E-state index in [9.17, 15) is 0 Å². The lowest BCUT2D eigenvalue weighted by molar-refractivity contribution is 0.0340. The molecule has 7 heteroatoms. The van der Waals surface area contributed by atoms with E-state index in [4.69, 9.17) is 4.74 Å². The van der Waals surface area contributed by atoms with Crippen LogP contribution in [0.1, 0.15) is 30.0 Å². The number of H-pyrrole nitrogens is 1. The molecular formula is C13H24Cl2N4O. The first-order chi connectivity index (χ1) is 8.93. The number of hydrogen-bond donors (Lipinski definition) is 2. The minimum atomic E-state index is 0. The Morgan fingerprint density at radius 1 is 1.30 bits per heavy atom. The number of piperidine rings is 1. The van der Waals surface area contributed by atoms with Crippen LogP contribution >= 0.6 is 24.8 Å². The van der Waals surface area contributed by atoms with Gasteiger partial charge in [0.2, 0.25) is 0 Å². The highest BCUT2D eigenvalue weighted by Crippen LogP contribution is 2.25. The molecule has 2 fully saturated rings. The molecule has 0 spiro atoms. The van der Waals surface area contributed by atoms with Crippen molar-refractivity contribution in [2.75, 3.05) is 39.4 Å². The lowest BCUT2D eigenvalue weighted by Crippen LogP contribution is -2.36. The third kappa shape index (κ3) is 4.33. The lowest BCUT2D eigenvalue weighted by atomic mass is 9.93. The Morgan fingerprint density at radius 2 is 2.10 bits per heavy atom. The summed E-state index contributed by atoms with van der Waals surface area (Å²) in [7, 11) is 0. The highest BCUT2D eigenvalue weighted by atomic mass is 35.5. The maximum Gasteiger partial charge on any atom is 0.0594 e. The number of hydrogen-bond acceptors (Lipinski definition) is 4. The van der Waals surface area contributed by atoms with Crippen LogP contribution in [-0.4, -0.2) is 54.5 Å². The number of aromatic amines is 1. The minimum absolute atomic E-state index is 0. The van der Waals surface area contributed by atoms with Crippen LogP contribution < -0.4 is 5.32 Å². The van der Waals surface area contributed by atoms with E-state index in [-0.39, 0.29) is 24.8 Å². The van der Waals surface area contributed by atoms with E-state index in [1.165, 1.54) is 24.1 Å². The summed E-state index contributed by atoms with van der Waals surface area (Å²) in [4.78, 5) is 2.45. The van der Waals surface area contributed by atoms with Gasteiger partial charge in [0, 0.05) is 43.4 Å². The highest BCUT2D eigenvalue weighted by Gasteiger charge is 2.21. The van der Waals surface area contributed by atoms with Crippen molar-refractivity contribution in [3.63, 3.8) is 0 Å². The average molecular weight is 323 g/mol. The highest BCUT2D eigenvalue weighted by molar-refractivity contribution is 5.85. The van der Waals surface area contributed by atoms with Crippen LogP contribution in [0.4, 0.5) is 0 Å². The number of morpholine rings is 1. The summed E-state index contributed by atoms with van der Waals surface area (Å²) < 4.78 is 5.39. The van der Waals surface area contributed by atoms with Crippen LogP contribution in [-0.2, 0) is 11.3 Å². The summed E-state index contributed by atoms with van der Waals surface area (Å²) in [5.74, 6) is 0.609. The molecule has 2 saturated heterocycles. The maximum absolute atomic E-state index is 5.39. The van der Waals surface area contributed by atoms with Gasteiger partial charge in [0.1, 0.15) is 0 Å². The van der Waals surface area contributed by atoms with Gasteiger partial charge in [-0.1, -0.05) is 0 Å². The summed E-state index contributed by atoms with van der Waals surface area (Å²) in [5, 5.41) is 10.9. The van der Waals surface area contributed by atoms with Crippen molar-refractivity contribution in [2.45, 2.75) is 25.3 Å². The number of nitrogens with zero attached hydrogens (tertiary/aromatic N) is 2. The minimum Gasteiger partial charge on any atom is -0.379 e. The lowest BCUT2D eigenvalue weighted by Gasteiger charge is -2.28. The molecule has 20 heavy (non-hydrogen) atoms. The SMILES string of the molecule is Cl.Cl.c1n[nH]c(C2CCCNC2)c1CN1CCOCC1. The Kier molecular flexibility index (Phi) is 7.84. The number of rotatable bonds is 3. The van der Waals surface area contributed by atoms with Gasteiger partial charge in [-0.15, -0.1) is 24.8 Å². The van der Waals surface area contributed by atoms with Gasteiger partial charge in [0.15, 0.2) is 0 Å². The Hall–Kier alpha value is -0.330. The van der Waals surface area contributed by atoms with Crippen molar-refractivity contribution in [3.05, 3.63) is 17.5 Å². The van der Waals surface area contributed by atoms with Gasteiger partial charge in [-0.3, -0.25) is 10.00 Å². The normalized spacial score (nSPS) is 23.7. The second kappa shape index (κ2) is 8.85. The fraction of sp³-hybridized carbons (Fsp3) is 0.769. The van der Waals surface area contributed by atoms with E-state index in [2.05, 4.69) is 20.4 Å². The van der Waals surface area contributed by atoms with Crippen LogP contribution in [0.25, 0.3) is 0 Å². The standard InChI is InChI=1S/C13H22N4O.2ClH/c1-2-11(8-14-3-1)13-12(9-15-16-13)10-17-4-6-18-7-5-17;;/h9,11,14H,1-8,10H2,(H,15,16);2*1H. The summed E-state index contributed by atoms with van der Waals surface area (Å²) in [6, 6.07) is 0. The van der Waals surface area contributed by atoms with Crippen molar-refractivity contribution in [3.8, 4) is 0 Å². The molecule has 2 aliphatic rings. The first-order valence-corrected chi connectivity index (χ1v) is 6.96. The van der Waals surface area contributed by atoms with E-state index >= 15 is 0 Å². The first kappa shape index (κ1) is 17.7. The molecular weight excluding hydrogens is 299 g/mol. The van der Waals surface area contributed by atoms with Crippen molar-refractivity contribution in [1.29, 1.82) is 0 Å². The molecule has 1 aromatic heterocycles. The smallest absolute Gasteiger partial charge is 0.0594 e. The summed E-state index contributed by atoms with van der Waals surface area (Å²) in [6.45, 7) is 7.03. The molecule has 1 atom stereocenters. The third-order valence-corrected chi connectivity index (χ3v) is 3.95. The molecule has 3 heterocycles. The van der Waals surface area contributed by atoms with E-state index in [1.807, 2.05) is 6.20 Å². The van der Waals surface area contributed by atoms with Crippen molar-refractivity contribution in [2.24, 2.45) is 0 Å². The number of ether oxygens (including phenoxy) is 1. The zero-order valence-corrected chi connectivity index (χ0v) is 13.3. The van der Waals surface area contributed by atoms with Crippen LogP contribution in [0.3, 0.4) is 0 Å². The molecule has 0 aromatic carbocycles. The zero-order chi connectivity index (χ0) is 12.2. The summed E-state index contributed by atoms with van der Waals surface area (Å²) in [6.07, 6.45) is 4.53. The van der Waals surface area contributed by atoms with E-state index in [1.54, 1.807) is 0 Å². The second-order valence-corrected chi connectivity index (χ2v) is 5.24. The Morgan fingerprint density at radius 3 is 2.80 bits per heavy atom. The molecule has 2 N–H and O–H groups in total. The first-order valence-electron chi connectivity index (χ1n) is 6.96.